The zero-order valence-corrected chi connectivity index (χ0v) is 13.6. The highest BCUT2D eigenvalue weighted by Crippen LogP contribution is 2.35. The Morgan fingerprint density at radius 3 is 1.46 bits per heavy atom. The van der Waals surface area contributed by atoms with Crippen molar-refractivity contribution in [2.24, 2.45) is 0 Å². The first-order chi connectivity index (χ1) is 11.9. The van der Waals surface area contributed by atoms with E-state index in [4.69, 9.17) is 4.74 Å². The van der Waals surface area contributed by atoms with E-state index in [9.17, 15) is 0 Å². The van der Waals surface area contributed by atoms with Crippen molar-refractivity contribution in [3.05, 3.63) is 102 Å². The molecular formula is C22H21NO. The number of nitrogens with zero attached hydrogens (tertiary/aromatic N) is 1. The molecule has 1 aliphatic heterocycles. The number of ether oxygens (including phenoxy) is 1. The highest BCUT2D eigenvalue weighted by atomic mass is 16.5. The molecule has 0 bridgehead atoms. The van der Waals surface area contributed by atoms with E-state index < -0.39 is 0 Å². The monoisotopic (exact) mass is 315 g/mol. The largest absolute Gasteiger partial charge is 0.366 e. The Hall–Kier alpha value is -2.58. The third kappa shape index (κ3) is 3.19. The maximum Gasteiger partial charge on any atom is 0.101 e. The molecule has 0 aromatic heterocycles. The third-order valence-corrected chi connectivity index (χ3v) is 4.57. The average molecular weight is 315 g/mol. The fourth-order valence-corrected chi connectivity index (χ4v) is 3.31. The Bertz CT molecular complexity index is 644. The molecule has 1 aliphatic rings. The minimum absolute atomic E-state index is 0.0744. The van der Waals surface area contributed by atoms with Gasteiger partial charge in [0.2, 0.25) is 0 Å². The van der Waals surface area contributed by atoms with Crippen molar-refractivity contribution in [1.29, 1.82) is 0 Å². The summed E-state index contributed by atoms with van der Waals surface area (Å²) in [6.07, 6.45) is 0.149. The van der Waals surface area contributed by atoms with E-state index >= 15 is 0 Å². The van der Waals surface area contributed by atoms with Gasteiger partial charge in [-0.2, -0.15) is 0 Å². The molecule has 1 fully saturated rings. The van der Waals surface area contributed by atoms with Crippen LogP contribution in [-0.4, -0.2) is 13.1 Å². The van der Waals surface area contributed by atoms with Gasteiger partial charge in [0.05, 0.1) is 0 Å². The van der Waals surface area contributed by atoms with Gasteiger partial charge < -0.3 is 9.64 Å². The lowest BCUT2D eigenvalue weighted by Crippen LogP contribution is -2.40. The highest BCUT2D eigenvalue weighted by Gasteiger charge is 2.29. The molecule has 0 amide bonds. The Kier molecular flexibility index (Phi) is 4.30. The molecule has 0 N–H and O–H groups in total. The van der Waals surface area contributed by atoms with Crippen LogP contribution in [0.1, 0.15) is 23.3 Å². The van der Waals surface area contributed by atoms with Crippen molar-refractivity contribution >= 4 is 5.69 Å². The van der Waals surface area contributed by atoms with Crippen molar-refractivity contribution in [1.82, 2.24) is 0 Å². The van der Waals surface area contributed by atoms with Crippen molar-refractivity contribution in [2.75, 3.05) is 18.0 Å². The first-order valence-electron chi connectivity index (χ1n) is 8.45. The average Bonchev–Trinajstić information content (AvgIpc) is 2.70. The van der Waals surface area contributed by atoms with Crippen LogP contribution >= 0.6 is 0 Å². The molecule has 24 heavy (non-hydrogen) atoms. The molecule has 4 rings (SSSR count). The fourth-order valence-electron chi connectivity index (χ4n) is 3.31. The molecule has 2 nitrogen and oxygen atoms in total. The van der Waals surface area contributed by atoms with Gasteiger partial charge in [-0.05, 0) is 23.3 Å². The zero-order valence-electron chi connectivity index (χ0n) is 13.6. The molecular weight excluding hydrogens is 294 g/mol. The van der Waals surface area contributed by atoms with Crippen LogP contribution in [0.5, 0.6) is 0 Å². The van der Waals surface area contributed by atoms with Gasteiger partial charge in [-0.3, -0.25) is 0 Å². The predicted molar refractivity (Wildman–Crippen MR) is 98.1 cm³/mol. The Morgan fingerprint density at radius 1 is 0.583 bits per heavy atom. The van der Waals surface area contributed by atoms with E-state index in [1.807, 2.05) is 0 Å². The minimum atomic E-state index is 0.0744. The molecule has 2 atom stereocenters. The SMILES string of the molecule is c1ccc([C@@H]2CN(c3ccccc3)C[C@H](c3ccccc3)O2)cc1. The Labute approximate surface area is 143 Å². The van der Waals surface area contributed by atoms with Crippen LogP contribution in [0.2, 0.25) is 0 Å². The molecule has 0 radical (unpaired) electrons. The maximum absolute atomic E-state index is 6.47. The highest BCUT2D eigenvalue weighted by molar-refractivity contribution is 5.47. The van der Waals surface area contributed by atoms with E-state index in [0.29, 0.717) is 0 Å². The number of morpholine rings is 1. The van der Waals surface area contributed by atoms with E-state index in [1.165, 1.54) is 16.8 Å². The summed E-state index contributed by atoms with van der Waals surface area (Å²) in [7, 11) is 0. The van der Waals surface area contributed by atoms with Crippen LogP contribution in [0.3, 0.4) is 0 Å². The van der Waals surface area contributed by atoms with Crippen molar-refractivity contribution in [3.63, 3.8) is 0 Å². The number of benzene rings is 3. The maximum atomic E-state index is 6.47. The lowest BCUT2D eigenvalue weighted by molar-refractivity contribution is -0.0293. The summed E-state index contributed by atoms with van der Waals surface area (Å²) in [6.45, 7) is 1.74. The van der Waals surface area contributed by atoms with Crippen molar-refractivity contribution in [3.8, 4) is 0 Å². The summed E-state index contributed by atoms with van der Waals surface area (Å²) in [5, 5.41) is 0. The van der Waals surface area contributed by atoms with Gasteiger partial charge in [0.25, 0.3) is 0 Å². The summed E-state index contributed by atoms with van der Waals surface area (Å²) in [5.41, 5.74) is 3.72. The molecule has 0 aliphatic carbocycles. The van der Waals surface area contributed by atoms with Gasteiger partial charge in [-0.15, -0.1) is 0 Å². The lowest BCUT2D eigenvalue weighted by Gasteiger charge is -2.40. The minimum Gasteiger partial charge on any atom is -0.366 e. The van der Waals surface area contributed by atoms with E-state index in [0.717, 1.165) is 13.1 Å². The molecule has 0 unspecified atom stereocenters. The molecule has 120 valence electrons. The molecule has 3 aromatic carbocycles. The summed E-state index contributed by atoms with van der Waals surface area (Å²) in [5.74, 6) is 0. The molecule has 2 heteroatoms. The normalized spacial score (nSPS) is 20.8. The van der Waals surface area contributed by atoms with Crippen LogP contribution < -0.4 is 4.90 Å². The van der Waals surface area contributed by atoms with E-state index in [2.05, 4.69) is 95.9 Å². The van der Waals surface area contributed by atoms with Crippen LogP contribution in [0, 0.1) is 0 Å². The fraction of sp³-hybridized carbons (Fsp3) is 0.182. The second-order valence-corrected chi connectivity index (χ2v) is 6.18. The number of hydrogen-bond donors (Lipinski definition) is 0. The molecule has 0 saturated carbocycles. The van der Waals surface area contributed by atoms with Gasteiger partial charge in [0.15, 0.2) is 0 Å². The quantitative estimate of drug-likeness (QED) is 0.674. The van der Waals surface area contributed by atoms with Gasteiger partial charge in [-0.25, -0.2) is 0 Å². The van der Waals surface area contributed by atoms with Gasteiger partial charge in [0.1, 0.15) is 12.2 Å². The number of para-hydroxylation sites is 1. The van der Waals surface area contributed by atoms with Gasteiger partial charge in [0, 0.05) is 18.8 Å². The van der Waals surface area contributed by atoms with Crippen molar-refractivity contribution in [2.45, 2.75) is 12.2 Å². The van der Waals surface area contributed by atoms with Crippen LogP contribution in [0.25, 0.3) is 0 Å². The van der Waals surface area contributed by atoms with Crippen LogP contribution in [0.15, 0.2) is 91.0 Å². The summed E-state index contributed by atoms with van der Waals surface area (Å²) in [4.78, 5) is 2.43. The van der Waals surface area contributed by atoms with E-state index in [1.54, 1.807) is 0 Å². The van der Waals surface area contributed by atoms with E-state index in [-0.39, 0.29) is 12.2 Å². The Morgan fingerprint density at radius 2 is 1.00 bits per heavy atom. The van der Waals surface area contributed by atoms with Gasteiger partial charge in [-0.1, -0.05) is 78.9 Å². The molecule has 1 saturated heterocycles. The standard InChI is InChI=1S/C22H21NO/c1-4-10-18(11-5-1)21-16-23(20-14-8-3-9-15-20)17-22(24-21)19-12-6-2-7-13-19/h1-15,21-22H,16-17H2/t21-,22+. The van der Waals surface area contributed by atoms with Gasteiger partial charge >= 0.3 is 0 Å². The first-order valence-corrected chi connectivity index (χ1v) is 8.45. The number of anilines is 1. The van der Waals surface area contributed by atoms with Crippen LogP contribution in [-0.2, 0) is 4.74 Å². The summed E-state index contributed by atoms with van der Waals surface area (Å²) in [6, 6.07) is 31.7. The second kappa shape index (κ2) is 6.90. The third-order valence-electron chi connectivity index (χ3n) is 4.57. The smallest absolute Gasteiger partial charge is 0.101 e. The molecule has 0 spiro atoms. The summed E-state index contributed by atoms with van der Waals surface area (Å²) < 4.78 is 6.47. The zero-order chi connectivity index (χ0) is 16.2. The predicted octanol–water partition coefficient (Wildman–Crippen LogP) is 5.01. The topological polar surface area (TPSA) is 12.5 Å². The van der Waals surface area contributed by atoms with Crippen LogP contribution in [0.4, 0.5) is 5.69 Å². The second-order valence-electron chi connectivity index (χ2n) is 6.18. The van der Waals surface area contributed by atoms with Crippen molar-refractivity contribution < 1.29 is 4.74 Å². The first kappa shape index (κ1) is 15.0. The Balaban J connectivity index is 1.66. The lowest BCUT2D eigenvalue weighted by atomic mass is 10.0. The number of rotatable bonds is 3. The number of hydrogen-bond acceptors (Lipinski definition) is 2. The molecule has 1 heterocycles. The summed E-state index contributed by atoms with van der Waals surface area (Å²) >= 11 is 0. The molecule has 3 aromatic rings.